The zero-order valence-corrected chi connectivity index (χ0v) is 33.5. The summed E-state index contributed by atoms with van der Waals surface area (Å²) in [5.41, 5.74) is 2.66. The molecule has 1 unspecified atom stereocenters. The molecule has 3 atom stereocenters. The Kier molecular flexibility index (Phi) is 11.5. The second-order valence-electron chi connectivity index (χ2n) is 16.7. The van der Waals surface area contributed by atoms with Crippen LogP contribution in [0.1, 0.15) is 77.6 Å². The van der Waals surface area contributed by atoms with E-state index in [1.807, 2.05) is 19.9 Å². The van der Waals surface area contributed by atoms with Crippen molar-refractivity contribution in [3.05, 3.63) is 156 Å². The third kappa shape index (κ3) is 8.43. The Morgan fingerprint density at radius 3 is 1.26 bits per heavy atom. The summed E-state index contributed by atoms with van der Waals surface area (Å²) in [6.07, 6.45) is 3.06. The molecule has 5 rings (SSSR count). The predicted molar refractivity (Wildman–Crippen MR) is 212 cm³/mol. The van der Waals surface area contributed by atoms with E-state index >= 15 is 0 Å². The number of ether oxygens (including phenoxy) is 1. The third-order valence-electron chi connectivity index (χ3n) is 11.2. The maximum absolute atomic E-state index is 12.8. The van der Waals surface area contributed by atoms with E-state index in [2.05, 4.69) is 163 Å². The highest BCUT2D eigenvalue weighted by Crippen LogP contribution is 2.48. The molecule has 4 nitrogen and oxygen atoms in total. The number of hydrogen-bond donors (Lipinski definition) is 1. The van der Waals surface area contributed by atoms with Crippen molar-refractivity contribution in [1.29, 1.82) is 0 Å². The van der Waals surface area contributed by atoms with E-state index in [4.69, 9.17) is 13.6 Å². The summed E-state index contributed by atoms with van der Waals surface area (Å²) in [6.45, 7) is 18.1. The van der Waals surface area contributed by atoms with Gasteiger partial charge in [-0.05, 0) is 76.4 Å². The van der Waals surface area contributed by atoms with E-state index in [9.17, 15) is 5.11 Å². The van der Waals surface area contributed by atoms with Crippen LogP contribution in [0.3, 0.4) is 0 Å². The molecule has 0 radical (unpaired) electrons. The first-order valence-electron chi connectivity index (χ1n) is 18.1. The average Bonchev–Trinajstić information content (AvgIpc) is 3.06. The standard InChI is InChI=1S/C44H58O4Si2/c1-41(2,3)49(32-36-21-13-9-14-22-36,33-37-23-15-10-16-24-37)47-31-40-44(8,45)43(7,29-30-46-40)48-50(42(4,5)6,34-38-25-17-11-18-26-38)35-39-27-19-12-20-28-39/h9-30,40,45H,31-35H2,1-8H3/t40?,43-,44-/m1/s1. The molecule has 0 aromatic heterocycles. The third-order valence-corrected chi connectivity index (χ3v) is 22.2. The summed E-state index contributed by atoms with van der Waals surface area (Å²) in [6, 6.07) is 46.1. The molecule has 0 spiro atoms. The molecule has 0 fully saturated rings. The van der Waals surface area contributed by atoms with Crippen LogP contribution in [0.2, 0.25) is 10.1 Å². The Morgan fingerprint density at radius 1 is 0.580 bits per heavy atom. The predicted octanol–water partition coefficient (Wildman–Crippen LogP) is 10.1. The Balaban J connectivity index is 1.50. The molecular weight excluding hydrogens is 649 g/mol. The second-order valence-corrected chi connectivity index (χ2v) is 25.6. The zero-order chi connectivity index (χ0) is 36.1. The molecule has 1 heterocycles. The lowest BCUT2D eigenvalue weighted by Crippen LogP contribution is -2.68. The Morgan fingerprint density at radius 2 is 0.920 bits per heavy atom. The van der Waals surface area contributed by atoms with Gasteiger partial charge in [0, 0.05) is 0 Å². The molecule has 1 N–H and O–H groups in total. The van der Waals surface area contributed by atoms with E-state index in [1.54, 1.807) is 6.26 Å². The van der Waals surface area contributed by atoms with Gasteiger partial charge < -0.3 is 18.7 Å². The highest BCUT2D eigenvalue weighted by Gasteiger charge is 2.59. The smallest absolute Gasteiger partial charge is 0.208 e. The fourth-order valence-corrected chi connectivity index (χ4v) is 15.9. The van der Waals surface area contributed by atoms with Crippen LogP contribution in [0, 0.1) is 0 Å². The molecule has 0 aliphatic carbocycles. The van der Waals surface area contributed by atoms with Crippen molar-refractivity contribution in [2.45, 2.75) is 107 Å². The van der Waals surface area contributed by atoms with Gasteiger partial charge in [-0.25, -0.2) is 0 Å². The molecular formula is C44H58O4Si2. The average molecular weight is 707 g/mol. The summed E-state index contributed by atoms with van der Waals surface area (Å²) in [4.78, 5) is 0. The topological polar surface area (TPSA) is 47.9 Å². The maximum Gasteiger partial charge on any atom is 0.208 e. The van der Waals surface area contributed by atoms with Crippen molar-refractivity contribution < 1.29 is 18.7 Å². The Bertz CT molecular complexity index is 1580. The normalized spacial score (nSPS) is 21.5. The molecule has 1 aliphatic heterocycles. The van der Waals surface area contributed by atoms with E-state index in [0.717, 1.165) is 24.2 Å². The lowest BCUT2D eigenvalue weighted by Gasteiger charge is -2.55. The number of aliphatic hydroxyl groups is 1. The quantitative estimate of drug-likeness (QED) is 0.141. The lowest BCUT2D eigenvalue weighted by atomic mass is 9.80. The van der Waals surface area contributed by atoms with Crippen LogP contribution in [0.15, 0.2) is 134 Å². The van der Waals surface area contributed by atoms with Gasteiger partial charge in [0.2, 0.25) is 16.6 Å². The van der Waals surface area contributed by atoms with Crippen LogP contribution in [0.5, 0.6) is 0 Å². The van der Waals surface area contributed by atoms with Crippen molar-refractivity contribution in [1.82, 2.24) is 0 Å². The van der Waals surface area contributed by atoms with Crippen LogP contribution < -0.4 is 0 Å². The molecule has 1 aliphatic rings. The van der Waals surface area contributed by atoms with Crippen LogP contribution in [0.25, 0.3) is 0 Å². The van der Waals surface area contributed by atoms with Gasteiger partial charge in [-0.1, -0.05) is 163 Å². The van der Waals surface area contributed by atoms with Crippen LogP contribution in [0.4, 0.5) is 0 Å². The molecule has 0 amide bonds. The van der Waals surface area contributed by atoms with E-state index in [-0.39, 0.29) is 16.7 Å². The first-order valence-corrected chi connectivity index (χ1v) is 22.8. The minimum absolute atomic E-state index is 0.103. The van der Waals surface area contributed by atoms with Crippen LogP contribution >= 0.6 is 0 Å². The Hall–Kier alpha value is -3.27. The lowest BCUT2D eigenvalue weighted by molar-refractivity contribution is -0.181. The van der Waals surface area contributed by atoms with Crippen molar-refractivity contribution in [3.8, 4) is 0 Å². The molecule has 4 aromatic carbocycles. The van der Waals surface area contributed by atoms with Crippen LogP contribution in [-0.2, 0) is 37.8 Å². The molecule has 50 heavy (non-hydrogen) atoms. The van der Waals surface area contributed by atoms with Gasteiger partial charge in [-0.3, -0.25) is 0 Å². The first kappa shape index (κ1) is 38.0. The summed E-state index contributed by atoms with van der Waals surface area (Å²) in [7, 11) is -5.34. The summed E-state index contributed by atoms with van der Waals surface area (Å²) in [5, 5.41) is 12.5. The van der Waals surface area contributed by atoms with E-state index in [0.29, 0.717) is 0 Å². The zero-order valence-electron chi connectivity index (χ0n) is 31.5. The Labute approximate surface area is 303 Å². The monoisotopic (exact) mass is 706 g/mol. The molecule has 0 saturated heterocycles. The summed E-state index contributed by atoms with van der Waals surface area (Å²) >= 11 is 0. The fraction of sp³-hybridized carbons (Fsp3) is 0.409. The summed E-state index contributed by atoms with van der Waals surface area (Å²) in [5.74, 6) is 0. The molecule has 4 aromatic rings. The van der Waals surface area contributed by atoms with Gasteiger partial charge in [0.15, 0.2) is 6.10 Å². The first-order chi connectivity index (χ1) is 23.6. The van der Waals surface area contributed by atoms with Gasteiger partial charge in [-0.2, -0.15) is 0 Å². The van der Waals surface area contributed by atoms with Crippen molar-refractivity contribution in [2.24, 2.45) is 0 Å². The minimum atomic E-state index is -2.75. The van der Waals surface area contributed by atoms with Crippen LogP contribution in [-0.4, -0.2) is 45.7 Å². The van der Waals surface area contributed by atoms with Gasteiger partial charge in [0.05, 0.1) is 12.9 Å². The molecule has 0 bridgehead atoms. The molecule has 6 heteroatoms. The number of rotatable bonds is 13. The van der Waals surface area contributed by atoms with Crippen molar-refractivity contribution in [3.63, 3.8) is 0 Å². The fourth-order valence-electron chi connectivity index (χ4n) is 7.30. The largest absolute Gasteiger partial charge is 0.493 e. The number of hydrogen-bond acceptors (Lipinski definition) is 4. The second kappa shape index (κ2) is 15.1. The molecule has 266 valence electrons. The van der Waals surface area contributed by atoms with Crippen molar-refractivity contribution in [2.75, 3.05) is 6.61 Å². The van der Waals surface area contributed by atoms with E-state index < -0.39 is 33.9 Å². The molecule has 0 saturated carbocycles. The van der Waals surface area contributed by atoms with E-state index in [1.165, 1.54) is 22.3 Å². The van der Waals surface area contributed by atoms with Gasteiger partial charge in [0.25, 0.3) is 0 Å². The number of benzene rings is 4. The van der Waals surface area contributed by atoms with Gasteiger partial charge >= 0.3 is 0 Å². The van der Waals surface area contributed by atoms with Gasteiger partial charge in [0.1, 0.15) is 11.2 Å². The maximum atomic E-state index is 12.8. The SMILES string of the molecule is CC(C)(C)[Si](Cc1ccccc1)(Cc1ccccc1)OCC1OC=C[C@@](C)(O[Si](Cc2ccccc2)(Cc2ccccc2)C(C)(C)C)[C@]1(C)O. The highest BCUT2D eigenvalue weighted by atomic mass is 28.4. The van der Waals surface area contributed by atoms with Gasteiger partial charge in [-0.15, -0.1) is 0 Å². The minimum Gasteiger partial charge on any atom is -0.493 e. The summed E-state index contributed by atoms with van der Waals surface area (Å²) < 4.78 is 21.3. The highest BCUT2D eigenvalue weighted by molar-refractivity contribution is 6.76. The van der Waals surface area contributed by atoms with Crippen molar-refractivity contribution >= 4 is 16.6 Å².